The Labute approximate surface area is 263 Å². The Morgan fingerprint density at radius 3 is 2.59 bits per heavy atom. The van der Waals surface area contributed by atoms with Gasteiger partial charge in [0, 0.05) is 35.7 Å². The lowest BCUT2D eigenvalue weighted by Crippen LogP contribution is -2.27. The Bertz CT molecular complexity index is 1940. The van der Waals surface area contributed by atoms with Crippen LogP contribution in [0.3, 0.4) is 0 Å². The summed E-state index contributed by atoms with van der Waals surface area (Å²) in [5.74, 6) is -2.26. The van der Waals surface area contributed by atoms with Crippen molar-refractivity contribution in [2.75, 3.05) is 0 Å². The van der Waals surface area contributed by atoms with E-state index in [9.17, 15) is 34.0 Å². The number of benzene rings is 3. The fraction of sp³-hybridized carbons (Fsp3) is 0.257. The molecule has 2 atom stereocenters. The molecule has 1 saturated heterocycles. The van der Waals surface area contributed by atoms with Crippen molar-refractivity contribution in [2.24, 2.45) is 0 Å². The molecule has 3 heterocycles. The van der Waals surface area contributed by atoms with Crippen molar-refractivity contribution in [3.05, 3.63) is 127 Å². The molecule has 0 unspecified atom stereocenters. The van der Waals surface area contributed by atoms with Crippen LogP contribution in [0, 0.1) is 15.9 Å². The van der Waals surface area contributed by atoms with Gasteiger partial charge in [-0.05, 0) is 73.1 Å². The number of pyridine rings is 1. The monoisotopic (exact) mass is 620 g/mol. The van der Waals surface area contributed by atoms with Crippen LogP contribution in [0.5, 0.6) is 0 Å². The Morgan fingerprint density at radius 2 is 1.83 bits per heavy atom. The van der Waals surface area contributed by atoms with Crippen molar-refractivity contribution >= 4 is 23.5 Å². The molecule has 0 radical (unpaired) electrons. The highest BCUT2D eigenvalue weighted by Crippen LogP contribution is 2.47. The smallest absolute Gasteiger partial charge is 0.338 e. The van der Waals surface area contributed by atoms with E-state index in [1.165, 1.54) is 30.3 Å². The zero-order chi connectivity index (χ0) is 32.1. The summed E-state index contributed by atoms with van der Waals surface area (Å²) in [5, 5.41) is 26.1. The number of amides is 2. The third kappa shape index (κ3) is 5.07. The van der Waals surface area contributed by atoms with Gasteiger partial charge in [-0.25, -0.2) is 9.18 Å². The van der Waals surface area contributed by atoms with E-state index >= 15 is 0 Å². The van der Waals surface area contributed by atoms with Crippen LogP contribution < -0.4 is 5.32 Å². The van der Waals surface area contributed by atoms with Gasteiger partial charge in [-0.2, -0.15) is 0 Å². The van der Waals surface area contributed by atoms with Crippen molar-refractivity contribution in [3.63, 3.8) is 0 Å². The molecule has 4 aromatic rings. The lowest BCUT2D eigenvalue weighted by Gasteiger charge is -2.18. The number of aryl methyl sites for hydroxylation is 3. The quantitative estimate of drug-likeness (QED) is 0.185. The van der Waals surface area contributed by atoms with Gasteiger partial charge in [0.25, 0.3) is 11.6 Å². The number of nitro groups is 1. The summed E-state index contributed by atoms with van der Waals surface area (Å²) in [6.45, 7) is 0.0835. The second kappa shape index (κ2) is 11.5. The van der Waals surface area contributed by atoms with Crippen molar-refractivity contribution in [3.8, 4) is 11.1 Å². The average molecular weight is 621 g/mol. The van der Waals surface area contributed by atoms with Crippen LogP contribution >= 0.6 is 0 Å². The first-order chi connectivity index (χ1) is 22.2. The molecule has 3 aromatic carbocycles. The molecule has 2 aliphatic heterocycles. The number of carbonyl (C=O) groups is 3. The zero-order valence-electron chi connectivity index (χ0n) is 24.7. The van der Waals surface area contributed by atoms with Crippen LogP contribution in [0.2, 0.25) is 0 Å². The van der Waals surface area contributed by atoms with Crippen LogP contribution in [0.15, 0.2) is 66.7 Å². The molecule has 46 heavy (non-hydrogen) atoms. The summed E-state index contributed by atoms with van der Waals surface area (Å²) in [4.78, 5) is 57.4. The van der Waals surface area contributed by atoms with Crippen LogP contribution in [-0.4, -0.2) is 37.7 Å². The number of rotatable bonds is 8. The normalized spacial score (nSPS) is 17.8. The third-order valence-corrected chi connectivity index (χ3v) is 9.32. The van der Waals surface area contributed by atoms with Crippen LogP contribution in [-0.2, 0) is 30.6 Å². The number of hydrogen-bond donors (Lipinski definition) is 2. The van der Waals surface area contributed by atoms with Crippen LogP contribution in [0.1, 0.15) is 85.7 Å². The molecule has 0 spiro atoms. The SMILES string of the molecule is O=C(N[C@H]1CCc2ccccc21)c1ccc(-c2c3c(nc(CCc4ccc(F)cc4)c2C(=O)O)[C@@H]2CCC(=O)N2C3)c([N+](=O)[O-])c1. The fourth-order valence-electron chi connectivity index (χ4n) is 7.12. The molecule has 11 heteroatoms. The van der Waals surface area contributed by atoms with Gasteiger partial charge in [0.2, 0.25) is 5.91 Å². The number of halogens is 1. The summed E-state index contributed by atoms with van der Waals surface area (Å²) >= 11 is 0. The van der Waals surface area contributed by atoms with Gasteiger partial charge in [-0.15, -0.1) is 0 Å². The maximum atomic E-state index is 13.5. The van der Waals surface area contributed by atoms with Crippen molar-refractivity contribution in [1.29, 1.82) is 0 Å². The predicted octanol–water partition coefficient (Wildman–Crippen LogP) is 5.87. The van der Waals surface area contributed by atoms with E-state index in [4.69, 9.17) is 4.98 Å². The lowest BCUT2D eigenvalue weighted by atomic mass is 9.88. The summed E-state index contributed by atoms with van der Waals surface area (Å²) < 4.78 is 13.5. The van der Waals surface area contributed by atoms with E-state index in [1.807, 2.05) is 24.3 Å². The van der Waals surface area contributed by atoms with E-state index < -0.39 is 28.3 Å². The number of nitrogens with one attached hydrogen (secondary N) is 1. The van der Waals surface area contributed by atoms with Crippen molar-refractivity contribution < 1.29 is 28.8 Å². The first kappa shape index (κ1) is 29.3. The number of hydrogen-bond acceptors (Lipinski definition) is 6. The van der Waals surface area contributed by atoms with E-state index in [0.29, 0.717) is 36.9 Å². The minimum absolute atomic E-state index is 0.0421. The maximum absolute atomic E-state index is 13.5. The van der Waals surface area contributed by atoms with Gasteiger partial charge in [0.1, 0.15) is 5.82 Å². The molecule has 1 fully saturated rings. The van der Waals surface area contributed by atoms with Gasteiger partial charge in [0.15, 0.2) is 0 Å². The standard InChI is InChI=1S/C35H29FN4O6/c36-22-10-5-19(6-11-22)7-13-27-32(35(43)44)31(25-18-39-28(33(25)37-27)15-16-30(39)41)24-12-8-21(17-29(24)40(45)46)34(42)38-26-14-9-20-3-1-2-4-23(20)26/h1-6,8,10-12,17,26,28H,7,9,13-16,18H2,(H,38,42)(H,43,44)/t26-,28-/m0/s1. The van der Waals surface area contributed by atoms with E-state index in [-0.39, 0.29) is 58.9 Å². The highest BCUT2D eigenvalue weighted by atomic mass is 19.1. The van der Waals surface area contributed by atoms with E-state index in [1.54, 1.807) is 17.0 Å². The largest absolute Gasteiger partial charge is 0.478 e. The van der Waals surface area contributed by atoms with Crippen molar-refractivity contribution in [1.82, 2.24) is 15.2 Å². The molecule has 2 amide bonds. The minimum atomic E-state index is -1.31. The molecule has 7 rings (SSSR count). The molecule has 2 N–H and O–H groups in total. The second-order valence-corrected chi connectivity index (χ2v) is 11.9. The highest BCUT2D eigenvalue weighted by Gasteiger charge is 2.43. The highest BCUT2D eigenvalue weighted by molar-refractivity contribution is 6.02. The summed E-state index contributed by atoms with van der Waals surface area (Å²) in [6, 6.07) is 17.2. The molecule has 232 valence electrons. The number of nitrogens with zero attached hydrogens (tertiary/aromatic N) is 3. The molecule has 0 saturated carbocycles. The maximum Gasteiger partial charge on any atom is 0.338 e. The van der Waals surface area contributed by atoms with Gasteiger partial charge in [0.05, 0.1) is 39.5 Å². The van der Waals surface area contributed by atoms with Crippen LogP contribution in [0.4, 0.5) is 10.1 Å². The van der Waals surface area contributed by atoms with E-state index in [2.05, 4.69) is 5.32 Å². The molecular formula is C35H29FN4O6. The number of carboxylic acids is 1. The molecule has 0 bridgehead atoms. The second-order valence-electron chi connectivity index (χ2n) is 11.9. The van der Waals surface area contributed by atoms with Gasteiger partial charge < -0.3 is 15.3 Å². The summed E-state index contributed by atoms with van der Waals surface area (Å²) in [6.07, 6.45) is 2.90. The minimum Gasteiger partial charge on any atom is -0.478 e. The number of nitro benzene ring substituents is 1. The first-order valence-electron chi connectivity index (χ1n) is 15.2. The molecule has 1 aromatic heterocycles. The average Bonchev–Trinajstić information content (AvgIpc) is 3.74. The third-order valence-electron chi connectivity index (χ3n) is 9.32. The lowest BCUT2D eigenvalue weighted by molar-refractivity contribution is -0.384. The number of carbonyl (C=O) groups excluding carboxylic acids is 2. The van der Waals surface area contributed by atoms with Gasteiger partial charge in [-0.1, -0.05) is 36.4 Å². The Morgan fingerprint density at radius 1 is 1.04 bits per heavy atom. The number of aromatic carboxylic acids is 1. The predicted molar refractivity (Wildman–Crippen MR) is 165 cm³/mol. The van der Waals surface area contributed by atoms with Crippen molar-refractivity contribution in [2.45, 2.75) is 57.2 Å². The number of aromatic nitrogens is 1. The van der Waals surface area contributed by atoms with Crippen LogP contribution in [0.25, 0.3) is 11.1 Å². The first-order valence-corrected chi connectivity index (χ1v) is 15.2. The fourth-order valence-corrected chi connectivity index (χ4v) is 7.12. The molecular weight excluding hydrogens is 591 g/mol. The zero-order valence-corrected chi connectivity index (χ0v) is 24.7. The Balaban J connectivity index is 1.31. The number of fused-ring (bicyclic) bond motifs is 4. The Kier molecular flexibility index (Phi) is 7.31. The summed E-state index contributed by atoms with van der Waals surface area (Å²) in [7, 11) is 0. The molecule has 10 nitrogen and oxygen atoms in total. The Hall–Kier alpha value is -5.45. The topological polar surface area (TPSA) is 143 Å². The van der Waals surface area contributed by atoms with Gasteiger partial charge >= 0.3 is 5.97 Å². The van der Waals surface area contributed by atoms with E-state index in [0.717, 1.165) is 23.1 Å². The molecule has 3 aliphatic rings. The molecule has 1 aliphatic carbocycles. The summed E-state index contributed by atoms with van der Waals surface area (Å²) in [5.41, 5.74) is 3.82. The number of carboxylic acid groups (broad SMARTS) is 1. The van der Waals surface area contributed by atoms with Gasteiger partial charge in [-0.3, -0.25) is 24.7 Å².